The van der Waals surface area contributed by atoms with E-state index in [9.17, 15) is 19.6 Å². The number of para-hydroxylation sites is 1. The molecule has 3 aromatic rings. The maximum atomic E-state index is 13.0. The van der Waals surface area contributed by atoms with Gasteiger partial charge >= 0.3 is 6.09 Å². The molecular formula is C29H34N4O6. The van der Waals surface area contributed by atoms with Gasteiger partial charge in [0.05, 0.1) is 24.1 Å². The smallest absolute Gasteiger partial charge is 0.409 e. The van der Waals surface area contributed by atoms with Crippen molar-refractivity contribution in [3.63, 3.8) is 0 Å². The zero-order chi connectivity index (χ0) is 27.9. The summed E-state index contributed by atoms with van der Waals surface area (Å²) < 4.78 is 11.3. The summed E-state index contributed by atoms with van der Waals surface area (Å²) in [6.07, 6.45) is -0.228. The summed E-state index contributed by atoms with van der Waals surface area (Å²) in [6.45, 7) is 6.80. The van der Waals surface area contributed by atoms with Gasteiger partial charge in [-0.25, -0.2) is 10.3 Å². The third-order valence-corrected chi connectivity index (χ3v) is 6.62. The Morgan fingerprint density at radius 3 is 2.59 bits per heavy atom. The predicted octanol–water partition coefficient (Wildman–Crippen LogP) is 3.84. The van der Waals surface area contributed by atoms with Gasteiger partial charge in [0.25, 0.3) is 5.91 Å². The summed E-state index contributed by atoms with van der Waals surface area (Å²) in [7, 11) is 0. The Kier molecular flexibility index (Phi) is 8.98. The van der Waals surface area contributed by atoms with Crippen LogP contribution < -0.4 is 15.5 Å². The minimum absolute atomic E-state index is 0.0846. The first-order chi connectivity index (χ1) is 18.7. The lowest BCUT2D eigenvalue weighted by Crippen LogP contribution is -2.57. The van der Waals surface area contributed by atoms with Crippen molar-refractivity contribution in [3.05, 3.63) is 71.4 Å². The van der Waals surface area contributed by atoms with Crippen LogP contribution in [-0.2, 0) is 16.1 Å². The van der Waals surface area contributed by atoms with Crippen LogP contribution in [0.3, 0.4) is 0 Å². The van der Waals surface area contributed by atoms with Gasteiger partial charge in [-0.1, -0.05) is 32.0 Å². The molecule has 2 atom stereocenters. The van der Waals surface area contributed by atoms with E-state index in [2.05, 4.69) is 10.3 Å². The summed E-state index contributed by atoms with van der Waals surface area (Å²) in [5, 5.41) is 13.0. The first-order valence-corrected chi connectivity index (χ1v) is 13.0. The van der Waals surface area contributed by atoms with Gasteiger partial charge in [0.1, 0.15) is 12.4 Å². The van der Waals surface area contributed by atoms with Gasteiger partial charge in [0, 0.05) is 35.3 Å². The van der Waals surface area contributed by atoms with Gasteiger partial charge in [-0.15, -0.1) is 0 Å². The summed E-state index contributed by atoms with van der Waals surface area (Å²) >= 11 is 0. The molecule has 1 saturated heterocycles. The Morgan fingerprint density at radius 2 is 1.87 bits per heavy atom. The highest BCUT2D eigenvalue weighted by atomic mass is 16.6. The lowest BCUT2D eigenvalue weighted by Gasteiger charge is -2.37. The molecule has 1 aliphatic rings. The topological polar surface area (TPSA) is 130 Å². The van der Waals surface area contributed by atoms with Crippen LogP contribution in [0.25, 0.3) is 10.9 Å². The van der Waals surface area contributed by atoms with Crippen LogP contribution in [0.15, 0.2) is 54.6 Å². The van der Waals surface area contributed by atoms with E-state index >= 15 is 0 Å². The predicted molar refractivity (Wildman–Crippen MR) is 144 cm³/mol. The van der Waals surface area contributed by atoms with Gasteiger partial charge < -0.3 is 19.7 Å². The number of hydrogen-bond acceptors (Lipinski definition) is 7. The van der Waals surface area contributed by atoms with Gasteiger partial charge in [0.2, 0.25) is 5.91 Å². The molecule has 39 heavy (non-hydrogen) atoms. The van der Waals surface area contributed by atoms with E-state index in [0.29, 0.717) is 17.9 Å². The minimum atomic E-state index is -0.705. The molecule has 206 valence electrons. The molecule has 0 bridgehead atoms. The first-order valence-electron chi connectivity index (χ1n) is 13.0. The highest BCUT2D eigenvalue weighted by Gasteiger charge is 2.37. The van der Waals surface area contributed by atoms with Crippen LogP contribution in [0, 0.1) is 18.8 Å². The van der Waals surface area contributed by atoms with Crippen LogP contribution in [-0.4, -0.2) is 58.7 Å². The number of nitrogens with zero attached hydrogens (tertiary/aromatic N) is 2. The molecule has 1 aliphatic heterocycles. The third-order valence-electron chi connectivity index (χ3n) is 6.62. The van der Waals surface area contributed by atoms with E-state index in [1.54, 1.807) is 29.7 Å². The van der Waals surface area contributed by atoms with E-state index in [1.165, 1.54) is 4.90 Å². The molecule has 2 aromatic carbocycles. The molecule has 2 heterocycles. The normalized spacial score (nSPS) is 17.1. The van der Waals surface area contributed by atoms with Crippen molar-refractivity contribution in [2.24, 2.45) is 11.8 Å². The van der Waals surface area contributed by atoms with Crippen LogP contribution in [0.4, 0.5) is 4.79 Å². The van der Waals surface area contributed by atoms with Crippen molar-refractivity contribution in [1.29, 1.82) is 0 Å². The molecule has 3 N–H and O–H groups in total. The van der Waals surface area contributed by atoms with Gasteiger partial charge in [-0.05, 0) is 55.7 Å². The second kappa shape index (κ2) is 12.6. The van der Waals surface area contributed by atoms with Crippen molar-refractivity contribution < 1.29 is 29.1 Å². The number of pyridine rings is 1. The number of hydroxylamine groups is 1. The Morgan fingerprint density at radius 1 is 1.13 bits per heavy atom. The monoisotopic (exact) mass is 534 g/mol. The van der Waals surface area contributed by atoms with Crippen molar-refractivity contribution >= 4 is 28.8 Å². The van der Waals surface area contributed by atoms with Crippen LogP contribution >= 0.6 is 0 Å². The van der Waals surface area contributed by atoms with Gasteiger partial charge in [-0.3, -0.25) is 19.8 Å². The van der Waals surface area contributed by atoms with E-state index in [0.717, 1.165) is 22.2 Å². The second-order valence-electron chi connectivity index (χ2n) is 10.1. The number of aryl methyl sites for hydroxylation is 1. The third kappa shape index (κ3) is 7.02. The maximum absolute atomic E-state index is 13.0. The fourth-order valence-corrected chi connectivity index (χ4v) is 4.62. The standard InChI is InChI=1S/C29H34N4O6/c1-18(2)16-39-29(36)33-13-12-24(28(35)32-37)26(15-33)31-27(34)20-8-10-22(11-9-20)38-17-21-14-19(3)30-25-7-5-4-6-23(21)25/h4-11,14,18,24,26,37H,12-13,15-17H2,1-3H3,(H,31,34)(H,32,35)/t24-,26+/m0/s1. The molecule has 0 aliphatic carbocycles. The van der Waals surface area contributed by atoms with Gasteiger partial charge in [-0.2, -0.15) is 0 Å². The van der Waals surface area contributed by atoms with Gasteiger partial charge in [0.15, 0.2) is 0 Å². The highest BCUT2D eigenvalue weighted by molar-refractivity contribution is 5.95. The number of fused-ring (bicyclic) bond motifs is 1. The SMILES string of the molecule is Cc1cc(COc2ccc(C(=O)N[C@@H]3CN(C(=O)OCC(C)C)CC[C@@H]3C(=O)NO)cc2)c2ccccc2n1. The zero-order valence-corrected chi connectivity index (χ0v) is 22.3. The molecule has 3 amide bonds. The molecule has 4 rings (SSSR count). The highest BCUT2D eigenvalue weighted by Crippen LogP contribution is 2.22. The maximum Gasteiger partial charge on any atom is 0.409 e. The number of likely N-dealkylation sites (tertiary alicyclic amines) is 1. The summed E-state index contributed by atoms with van der Waals surface area (Å²) in [5.41, 5.74) is 4.86. The van der Waals surface area contributed by atoms with Crippen molar-refractivity contribution in [2.45, 2.75) is 39.8 Å². The van der Waals surface area contributed by atoms with E-state index < -0.39 is 29.9 Å². The number of nitrogens with one attached hydrogen (secondary N) is 2. The summed E-state index contributed by atoms with van der Waals surface area (Å²) in [6, 6.07) is 15.9. The lowest BCUT2D eigenvalue weighted by atomic mass is 9.90. The number of ether oxygens (including phenoxy) is 2. The molecule has 0 unspecified atom stereocenters. The molecule has 10 heteroatoms. The van der Waals surface area contributed by atoms with Crippen LogP contribution in [0.5, 0.6) is 5.75 Å². The number of hydrogen-bond donors (Lipinski definition) is 3. The molecule has 10 nitrogen and oxygen atoms in total. The molecule has 0 radical (unpaired) electrons. The fraction of sp³-hybridized carbons (Fsp3) is 0.379. The molecule has 0 saturated carbocycles. The largest absolute Gasteiger partial charge is 0.489 e. The number of rotatable bonds is 8. The van der Waals surface area contributed by atoms with Crippen molar-refractivity contribution in [1.82, 2.24) is 20.7 Å². The quantitative estimate of drug-likeness (QED) is 0.296. The van der Waals surface area contributed by atoms with Crippen molar-refractivity contribution in [3.8, 4) is 5.75 Å². The Hall–Kier alpha value is -4.18. The summed E-state index contributed by atoms with van der Waals surface area (Å²) in [4.78, 5) is 43.8. The number of benzene rings is 2. The Labute approximate surface area is 227 Å². The fourth-order valence-electron chi connectivity index (χ4n) is 4.62. The molecular weight excluding hydrogens is 500 g/mol. The Bertz CT molecular complexity index is 1330. The zero-order valence-electron chi connectivity index (χ0n) is 22.3. The van der Waals surface area contributed by atoms with E-state index in [1.807, 2.05) is 51.1 Å². The Balaban J connectivity index is 1.40. The number of carbonyl (C=O) groups excluding carboxylic acids is 3. The number of aromatic nitrogens is 1. The van der Waals surface area contributed by atoms with E-state index in [4.69, 9.17) is 9.47 Å². The second-order valence-corrected chi connectivity index (χ2v) is 10.1. The number of carbonyl (C=O) groups is 3. The van der Waals surface area contributed by atoms with Crippen LogP contribution in [0.2, 0.25) is 0 Å². The lowest BCUT2D eigenvalue weighted by molar-refractivity contribution is -0.135. The average molecular weight is 535 g/mol. The first kappa shape index (κ1) is 27.8. The average Bonchev–Trinajstić information content (AvgIpc) is 2.94. The van der Waals surface area contributed by atoms with E-state index in [-0.39, 0.29) is 32.0 Å². The number of piperidine rings is 1. The molecule has 1 fully saturated rings. The number of amides is 3. The molecule has 1 aromatic heterocycles. The summed E-state index contributed by atoms with van der Waals surface area (Å²) in [5.74, 6) is -0.940. The molecule has 0 spiro atoms. The minimum Gasteiger partial charge on any atom is -0.489 e. The van der Waals surface area contributed by atoms with Crippen LogP contribution in [0.1, 0.15) is 41.9 Å². The van der Waals surface area contributed by atoms with Crippen molar-refractivity contribution in [2.75, 3.05) is 19.7 Å².